The molecule has 2 unspecified atom stereocenters. The van der Waals surface area contributed by atoms with Crippen molar-refractivity contribution >= 4 is 41.3 Å². The monoisotopic (exact) mass is 508 g/mol. The quantitative estimate of drug-likeness (QED) is 0.184. The predicted octanol–water partition coefficient (Wildman–Crippen LogP) is 1.59. The van der Waals surface area contributed by atoms with Crippen molar-refractivity contribution in [1.82, 2.24) is 10.6 Å². The van der Waals surface area contributed by atoms with Crippen LogP contribution < -0.4 is 10.6 Å². The first-order valence-electron chi connectivity index (χ1n) is 11.2. The van der Waals surface area contributed by atoms with Gasteiger partial charge in [-0.1, -0.05) is 6.07 Å². The van der Waals surface area contributed by atoms with Gasteiger partial charge >= 0.3 is 23.9 Å². The molecule has 3 rings (SSSR count). The van der Waals surface area contributed by atoms with Crippen molar-refractivity contribution in [1.29, 1.82) is 0 Å². The second-order valence-corrected chi connectivity index (χ2v) is 11.5. The molecular weight excluding hydrogens is 476 g/mol. The number of thiophene rings is 1. The molecular formula is C24H32N2O8S. The van der Waals surface area contributed by atoms with Gasteiger partial charge in [0.25, 0.3) is 0 Å². The maximum absolute atomic E-state index is 13.0. The number of ether oxygens (including phenoxy) is 4. The molecule has 11 heteroatoms. The van der Waals surface area contributed by atoms with Gasteiger partial charge in [0.05, 0.1) is 11.1 Å². The highest BCUT2D eigenvalue weighted by molar-refractivity contribution is 7.10. The van der Waals surface area contributed by atoms with Gasteiger partial charge in [0, 0.05) is 4.88 Å². The minimum absolute atomic E-state index is 0.00942. The third-order valence-electron chi connectivity index (χ3n) is 5.61. The van der Waals surface area contributed by atoms with Crippen LogP contribution in [-0.2, 0) is 38.1 Å². The number of hydrogen-bond acceptors (Lipinski definition) is 11. The standard InChI is InChI=1S/C24H32N2O8S/c1-21(2)19(29)33-13-23(5,25-21)11-31-17(27)16(10-15-8-7-9-35-15)18(28)32-12-24(6)14-34-20(30)22(3,4)26-24/h7-10,25-26H,11-14H2,1-6H3. The molecule has 1 aromatic rings. The Hall–Kier alpha value is -2.76. The Balaban J connectivity index is 1.70. The lowest BCUT2D eigenvalue weighted by atomic mass is 9.94. The molecule has 2 atom stereocenters. The van der Waals surface area contributed by atoms with E-state index in [-0.39, 0.29) is 32.0 Å². The zero-order chi connectivity index (χ0) is 26.1. The number of carbonyl (C=O) groups excluding carboxylic acids is 4. The molecule has 35 heavy (non-hydrogen) atoms. The average Bonchev–Trinajstić information content (AvgIpc) is 3.27. The maximum atomic E-state index is 13.0. The van der Waals surface area contributed by atoms with E-state index in [2.05, 4.69) is 10.6 Å². The van der Waals surface area contributed by atoms with Gasteiger partial charge in [-0.05, 0) is 59.1 Å². The zero-order valence-electron chi connectivity index (χ0n) is 20.8. The van der Waals surface area contributed by atoms with Crippen LogP contribution in [0.4, 0.5) is 0 Å². The second kappa shape index (κ2) is 9.71. The van der Waals surface area contributed by atoms with Gasteiger partial charge in [-0.3, -0.25) is 20.2 Å². The van der Waals surface area contributed by atoms with Gasteiger partial charge in [0.1, 0.15) is 43.1 Å². The SMILES string of the molecule is CC1(COC(=O)C(=Cc2cccs2)C(=O)OCC2(C)COC(=O)C(C)(C)N2)COC(=O)C(C)(C)N1. The highest BCUT2D eigenvalue weighted by Gasteiger charge is 2.45. The van der Waals surface area contributed by atoms with Crippen LogP contribution in [0.5, 0.6) is 0 Å². The molecule has 0 radical (unpaired) electrons. The molecule has 1 aromatic heterocycles. The first kappa shape index (κ1) is 26.8. The number of cyclic esters (lactones) is 2. The van der Waals surface area contributed by atoms with E-state index in [0.717, 1.165) is 0 Å². The minimum atomic E-state index is -0.951. The summed E-state index contributed by atoms with van der Waals surface area (Å²) in [6.45, 7) is 9.95. The molecule has 0 bridgehead atoms. The van der Waals surface area contributed by atoms with Gasteiger partial charge in [0.15, 0.2) is 0 Å². The summed E-state index contributed by atoms with van der Waals surface area (Å²) in [6.07, 6.45) is 1.41. The number of morpholine rings is 2. The number of esters is 4. The summed E-state index contributed by atoms with van der Waals surface area (Å²) in [5, 5.41) is 8.09. The van der Waals surface area contributed by atoms with E-state index in [1.54, 1.807) is 53.7 Å². The van der Waals surface area contributed by atoms with Gasteiger partial charge in [-0.15, -0.1) is 11.3 Å². The molecule has 2 aliphatic heterocycles. The smallest absolute Gasteiger partial charge is 0.345 e. The minimum Gasteiger partial charge on any atom is -0.462 e. The summed E-state index contributed by atoms with van der Waals surface area (Å²) in [7, 11) is 0. The van der Waals surface area contributed by atoms with E-state index in [9.17, 15) is 19.2 Å². The van der Waals surface area contributed by atoms with Gasteiger partial charge in [-0.2, -0.15) is 0 Å². The Morgan fingerprint density at radius 1 is 0.914 bits per heavy atom. The highest BCUT2D eigenvalue weighted by atomic mass is 32.1. The van der Waals surface area contributed by atoms with Crippen molar-refractivity contribution in [3.05, 3.63) is 28.0 Å². The summed E-state index contributed by atoms with van der Waals surface area (Å²) < 4.78 is 21.4. The van der Waals surface area contributed by atoms with Crippen molar-refractivity contribution in [3.8, 4) is 0 Å². The Labute approximate surface area is 208 Å². The summed E-state index contributed by atoms with van der Waals surface area (Å²) in [5.74, 6) is -2.53. The summed E-state index contributed by atoms with van der Waals surface area (Å²) in [6, 6.07) is 3.54. The molecule has 2 N–H and O–H groups in total. The van der Waals surface area contributed by atoms with Crippen LogP contribution in [0.2, 0.25) is 0 Å². The van der Waals surface area contributed by atoms with E-state index in [0.29, 0.717) is 4.88 Å². The van der Waals surface area contributed by atoms with E-state index in [1.807, 2.05) is 5.38 Å². The largest absolute Gasteiger partial charge is 0.462 e. The second-order valence-electron chi connectivity index (χ2n) is 10.5. The maximum Gasteiger partial charge on any atom is 0.345 e. The molecule has 10 nitrogen and oxygen atoms in total. The Bertz CT molecular complexity index is 970. The molecule has 2 aliphatic rings. The molecule has 0 spiro atoms. The normalized spacial score (nSPS) is 27.3. The highest BCUT2D eigenvalue weighted by Crippen LogP contribution is 2.23. The van der Waals surface area contributed by atoms with Gasteiger partial charge < -0.3 is 18.9 Å². The van der Waals surface area contributed by atoms with Crippen molar-refractivity contribution in [2.24, 2.45) is 0 Å². The fraction of sp³-hybridized carbons (Fsp3) is 0.583. The van der Waals surface area contributed by atoms with Crippen LogP contribution in [0.1, 0.15) is 46.4 Å². The van der Waals surface area contributed by atoms with Crippen molar-refractivity contribution in [2.45, 2.75) is 63.7 Å². The lowest BCUT2D eigenvalue weighted by Crippen LogP contribution is -2.66. The van der Waals surface area contributed by atoms with Gasteiger partial charge in [-0.25, -0.2) is 9.59 Å². The number of rotatable bonds is 7. The van der Waals surface area contributed by atoms with Crippen molar-refractivity contribution in [3.63, 3.8) is 0 Å². The van der Waals surface area contributed by atoms with Gasteiger partial charge in [0.2, 0.25) is 0 Å². The summed E-state index contributed by atoms with van der Waals surface area (Å²) >= 11 is 1.35. The van der Waals surface area contributed by atoms with Crippen LogP contribution in [0, 0.1) is 0 Å². The topological polar surface area (TPSA) is 129 Å². The third kappa shape index (κ3) is 6.47. The van der Waals surface area contributed by atoms with Crippen LogP contribution in [0.25, 0.3) is 6.08 Å². The fourth-order valence-corrected chi connectivity index (χ4v) is 4.63. The summed E-state index contributed by atoms with van der Waals surface area (Å²) in [5.41, 5.74) is -3.85. The molecule has 0 amide bonds. The Morgan fingerprint density at radius 2 is 1.37 bits per heavy atom. The molecule has 192 valence electrons. The summed E-state index contributed by atoms with van der Waals surface area (Å²) in [4.78, 5) is 50.5. The third-order valence-corrected chi connectivity index (χ3v) is 6.43. The molecule has 3 heterocycles. The first-order valence-corrected chi connectivity index (χ1v) is 12.1. The molecule has 0 aromatic carbocycles. The fourth-order valence-electron chi connectivity index (χ4n) is 3.97. The van der Waals surface area contributed by atoms with Crippen LogP contribution in [0.3, 0.4) is 0 Å². The molecule has 0 aliphatic carbocycles. The average molecular weight is 509 g/mol. The Morgan fingerprint density at radius 3 is 1.74 bits per heavy atom. The van der Waals surface area contributed by atoms with E-state index in [1.165, 1.54) is 17.4 Å². The molecule has 2 saturated heterocycles. The zero-order valence-corrected chi connectivity index (χ0v) is 21.6. The first-order chi connectivity index (χ1) is 16.1. The van der Waals surface area contributed by atoms with Crippen LogP contribution in [0.15, 0.2) is 23.1 Å². The number of hydrogen-bond donors (Lipinski definition) is 2. The molecule has 0 saturated carbocycles. The number of carbonyl (C=O) groups is 4. The lowest BCUT2D eigenvalue weighted by Gasteiger charge is -2.42. The molecule has 2 fully saturated rings. The van der Waals surface area contributed by atoms with Crippen molar-refractivity contribution < 1.29 is 38.1 Å². The van der Waals surface area contributed by atoms with Crippen LogP contribution in [-0.4, -0.2) is 72.5 Å². The lowest BCUT2D eigenvalue weighted by molar-refractivity contribution is -0.165. The predicted molar refractivity (Wildman–Crippen MR) is 127 cm³/mol. The van der Waals surface area contributed by atoms with E-state index in [4.69, 9.17) is 18.9 Å². The van der Waals surface area contributed by atoms with Crippen LogP contribution >= 0.6 is 11.3 Å². The number of nitrogens with one attached hydrogen (secondary N) is 2. The van der Waals surface area contributed by atoms with E-state index >= 15 is 0 Å². The van der Waals surface area contributed by atoms with Crippen molar-refractivity contribution in [2.75, 3.05) is 26.4 Å². The van der Waals surface area contributed by atoms with E-state index < -0.39 is 46.0 Å². The Kier molecular flexibility index (Phi) is 7.45.